The van der Waals surface area contributed by atoms with E-state index in [1.165, 1.54) is 25.0 Å². The lowest BCUT2D eigenvalue weighted by atomic mass is 10.1. The van der Waals surface area contributed by atoms with Gasteiger partial charge in [0.25, 0.3) is 0 Å². The van der Waals surface area contributed by atoms with E-state index >= 15 is 0 Å². The molecule has 0 spiro atoms. The van der Waals surface area contributed by atoms with Gasteiger partial charge in [0, 0.05) is 6.42 Å². The number of rotatable bonds is 3. The van der Waals surface area contributed by atoms with Crippen LogP contribution in [0.5, 0.6) is 0 Å². The van der Waals surface area contributed by atoms with Gasteiger partial charge in [-0.05, 0) is 36.5 Å². The fourth-order valence-electron chi connectivity index (χ4n) is 2.00. The maximum atomic E-state index is 13.2. The van der Waals surface area contributed by atoms with Crippen LogP contribution >= 0.6 is 23.2 Å². The second-order valence-corrected chi connectivity index (χ2v) is 5.47. The summed E-state index contributed by atoms with van der Waals surface area (Å²) in [7, 11) is 0. The third-order valence-corrected chi connectivity index (χ3v) is 3.70. The standard InChI is InChI=1S/C14H11Cl2FN2/c15-13-12(9-2-1-3-10(17)7-9)14(16)19-11(18-13)6-8-4-5-8/h1-3,7-8H,4-6H2. The maximum absolute atomic E-state index is 13.2. The Morgan fingerprint density at radius 3 is 2.42 bits per heavy atom. The first kappa shape index (κ1) is 12.8. The number of benzene rings is 1. The third-order valence-electron chi connectivity index (χ3n) is 3.15. The Labute approximate surface area is 120 Å². The van der Waals surface area contributed by atoms with Gasteiger partial charge < -0.3 is 0 Å². The fraction of sp³-hybridized carbons (Fsp3) is 0.286. The van der Waals surface area contributed by atoms with E-state index < -0.39 is 0 Å². The molecule has 0 bridgehead atoms. The van der Waals surface area contributed by atoms with E-state index in [2.05, 4.69) is 9.97 Å². The van der Waals surface area contributed by atoms with E-state index in [0.717, 1.165) is 6.42 Å². The molecule has 1 fully saturated rings. The Bertz CT molecular complexity index is 604. The van der Waals surface area contributed by atoms with Crippen molar-refractivity contribution in [1.82, 2.24) is 9.97 Å². The van der Waals surface area contributed by atoms with Crippen LogP contribution in [0.15, 0.2) is 24.3 Å². The molecule has 1 aliphatic carbocycles. The van der Waals surface area contributed by atoms with E-state index in [4.69, 9.17) is 23.2 Å². The molecule has 1 aromatic carbocycles. The van der Waals surface area contributed by atoms with Gasteiger partial charge in [-0.1, -0.05) is 35.3 Å². The van der Waals surface area contributed by atoms with E-state index in [9.17, 15) is 4.39 Å². The van der Waals surface area contributed by atoms with Gasteiger partial charge in [-0.2, -0.15) is 0 Å². The van der Waals surface area contributed by atoms with Crippen molar-refractivity contribution >= 4 is 23.2 Å². The zero-order valence-electron chi connectivity index (χ0n) is 10.0. The number of halogens is 3. The molecule has 1 aromatic heterocycles. The monoisotopic (exact) mass is 296 g/mol. The molecule has 98 valence electrons. The second kappa shape index (κ2) is 5.06. The summed E-state index contributed by atoms with van der Waals surface area (Å²) < 4.78 is 13.2. The highest BCUT2D eigenvalue weighted by Crippen LogP contribution is 2.35. The van der Waals surface area contributed by atoms with E-state index in [1.807, 2.05) is 0 Å². The molecule has 0 atom stereocenters. The predicted octanol–water partition coefficient (Wildman–Crippen LogP) is 4.54. The van der Waals surface area contributed by atoms with Crippen molar-refractivity contribution in [2.75, 3.05) is 0 Å². The topological polar surface area (TPSA) is 25.8 Å². The van der Waals surface area contributed by atoms with Crippen molar-refractivity contribution in [1.29, 1.82) is 0 Å². The van der Waals surface area contributed by atoms with Crippen LogP contribution in [0.4, 0.5) is 4.39 Å². The Morgan fingerprint density at radius 2 is 1.84 bits per heavy atom. The van der Waals surface area contributed by atoms with Crippen molar-refractivity contribution < 1.29 is 4.39 Å². The third kappa shape index (κ3) is 2.88. The molecule has 0 N–H and O–H groups in total. The number of hydrogen-bond acceptors (Lipinski definition) is 2. The second-order valence-electron chi connectivity index (χ2n) is 4.75. The molecule has 2 aromatic rings. The Morgan fingerprint density at radius 1 is 1.16 bits per heavy atom. The SMILES string of the molecule is Fc1cccc(-c2c(Cl)nc(CC3CC3)nc2Cl)c1. The van der Waals surface area contributed by atoms with Crippen LogP contribution in [0, 0.1) is 11.7 Å². The average Bonchev–Trinajstić information content (AvgIpc) is 3.12. The molecule has 19 heavy (non-hydrogen) atoms. The summed E-state index contributed by atoms with van der Waals surface area (Å²) in [6.07, 6.45) is 3.23. The van der Waals surface area contributed by atoms with Crippen LogP contribution in [0.2, 0.25) is 10.3 Å². The first-order chi connectivity index (χ1) is 9.13. The Balaban J connectivity index is 2.01. The lowest BCUT2D eigenvalue weighted by Gasteiger charge is -2.08. The molecule has 2 nitrogen and oxygen atoms in total. The van der Waals surface area contributed by atoms with E-state index in [0.29, 0.717) is 22.9 Å². The zero-order chi connectivity index (χ0) is 13.4. The van der Waals surface area contributed by atoms with Gasteiger partial charge in [0.15, 0.2) is 0 Å². The molecule has 1 saturated carbocycles. The molecular formula is C14H11Cl2FN2. The van der Waals surface area contributed by atoms with Crippen molar-refractivity contribution in [3.05, 3.63) is 46.2 Å². The summed E-state index contributed by atoms with van der Waals surface area (Å²) in [4.78, 5) is 8.54. The lowest BCUT2D eigenvalue weighted by Crippen LogP contribution is -2.00. The van der Waals surface area contributed by atoms with Crippen LogP contribution in [-0.4, -0.2) is 9.97 Å². The lowest BCUT2D eigenvalue weighted by molar-refractivity contribution is 0.628. The highest BCUT2D eigenvalue weighted by Gasteiger charge is 2.24. The molecule has 1 heterocycles. The summed E-state index contributed by atoms with van der Waals surface area (Å²) in [6.45, 7) is 0. The number of hydrogen-bond donors (Lipinski definition) is 0. The van der Waals surface area contributed by atoms with E-state index in [-0.39, 0.29) is 16.1 Å². The molecule has 0 amide bonds. The summed E-state index contributed by atoms with van der Waals surface area (Å²) >= 11 is 12.3. The first-order valence-corrected chi connectivity index (χ1v) is 6.87. The first-order valence-electron chi connectivity index (χ1n) is 6.11. The molecule has 0 saturated heterocycles. The van der Waals surface area contributed by atoms with Gasteiger partial charge >= 0.3 is 0 Å². The van der Waals surface area contributed by atoms with Crippen molar-refractivity contribution in [2.24, 2.45) is 5.92 Å². The number of aromatic nitrogens is 2. The van der Waals surface area contributed by atoms with Crippen molar-refractivity contribution in [3.63, 3.8) is 0 Å². The molecule has 0 aliphatic heterocycles. The highest BCUT2D eigenvalue weighted by atomic mass is 35.5. The fourth-order valence-corrected chi connectivity index (χ4v) is 2.64. The molecule has 0 radical (unpaired) electrons. The smallest absolute Gasteiger partial charge is 0.142 e. The number of nitrogens with zero attached hydrogens (tertiary/aromatic N) is 2. The van der Waals surface area contributed by atoms with Crippen LogP contribution < -0.4 is 0 Å². The minimum absolute atomic E-state index is 0.279. The van der Waals surface area contributed by atoms with Crippen molar-refractivity contribution in [2.45, 2.75) is 19.3 Å². The summed E-state index contributed by atoms with van der Waals surface area (Å²) in [5.74, 6) is 0.983. The van der Waals surface area contributed by atoms with Crippen LogP contribution in [0.1, 0.15) is 18.7 Å². The van der Waals surface area contributed by atoms with Crippen molar-refractivity contribution in [3.8, 4) is 11.1 Å². The minimum Gasteiger partial charge on any atom is -0.220 e. The summed E-state index contributed by atoms with van der Waals surface area (Å²) in [5.41, 5.74) is 1.08. The molecule has 5 heteroatoms. The molecule has 0 unspecified atom stereocenters. The van der Waals surface area contributed by atoms with Gasteiger partial charge in [0.2, 0.25) is 0 Å². The van der Waals surface area contributed by atoms with E-state index in [1.54, 1.807) is 12.1 Å². The Kier molecular flexibility index (Phi) is 3.42. The predicted molar refractivity (Wildman–Crippen MR) is 73.9 cm³/mol. The van der Waals surface area contributed by atoms with Gasteiger partial charge in [0.1, 0.15) is 21.9 Å². The van der Waals surface area contributed by atoms with Crippen LogP contribution in [0.25, 0.3) is 11.1 Å². The summed E-state index contributed by atoms with van der Waals surface area (Å²) in [6, 6.07) is 6.08. The maximum Gasteiger partial charge on any atom is 0.142 e. The normalized spacial score (nSPS) is 14.7. The van der Waals surface area contributed by atoms with Gasteiger partial charge in [-0.25, -0.2) is 14.4 Å². The van der Waals surface area contributed by atoms with Gasteiger partial charge in [0.05, 0.1) is 5.56 Å². The largest absolute Gasteiger partial charge is 0.220 e. The highest BCUT2D eigenvalue weighted by molar-refractivity contribution is 6.37. The summed E-state index contributed by atoms with van der Waals surface area (Å²) in [5, 5.41) is 0.558. The van der Waals surface area contributed by atoms with Gasteiger partial charge in [-0.3, -0.25) is 0 Å². The minimum atomic E-state index is -0.341. The van der Waals surface area contributed by atoms with Crippen LogP contribution in [0.3, 0.4) is 0 Å². The Hall–Kier alpha value is -1.19. The average molecular weight is 297 g/mol. The molecular weight excluding hydrogens is 286 g/mol. The van der Waals surface area contributed by atoms with Crippen LogP contribution in [-0.2, 0) is 6.42 Å². The molecule has 1 aliphatic rings. The zero-order valence-corrected chi connectivity index (χ0v) is 11.5. The van der Waals surface area contributed by atoms with Gasteiger partial charge in [-0.15, -0.1) is 0 Å². The molecule has 3 rings (SSSR count). The quantitative estimate of drug-likeness (QED) is 0.777.